The predicted molar refractivity (Wildman–Crippen MR) is 163 cm³/mol. The number of hydrogen-bond donors (Lipinski definition) is 6. The third kappa shape index (κ3) is 20.4. The van der Waals surface area contributed by atoms with Crippen LogP contribution in [0.1, 0.15) is 32.6 Å². The van der Waals surface area contributed by atoms with E-state index in [0.717, 1.165) is 24.3 Å². The molecule has 0 spiro atoms. The van der Waals surface area contributed by atoms with Crippen molar-refractivity contribution >= 4 is 79.8 Å². The number of rotatable bonds is 21. The molecule has 1 radical (unpaired) electrons. The summed E-state index contributed by atoms with van der Waals surface area (Å²) in [6.07, 6.45) is 2.69. The Hall–Kier alpha value is 0.785. The van der Waals surface area contributed by atoms with E-state index in [1.54, 1.807) is 28.5 Å². The van der Waals surface area contributed by atoms with Crippen molar-refractivity contribution in [2.24, 2.45) is 5.73 Å². The molecule has 6 atom stereocenters. The quantitative estimate of drug-likeness (QED) is 0.0250. The van der Waals surface area contributed by atoms with Crippen LogP contribution in [0.25, 0.3) is 0 Å². The number of nitrogens with two attached hydrogens (primary N) is 1. The van der Waals surface area contributed by atoms with E-state index in [1.165, 1.54) is 28.9 Å². The highest BCUT2D eigenvalue weighted by molar-refractivity contribution is 8.77. The summed E-state index contributed by atoms with van der Waals surface area (Å²) in [6, 6.07) is -0.571. The maximum atomic E-state index is 12.1. The molecule has 7 N–H and O–H groups in total. The van der Waals surface area contributed by atoms with E-state index in [1.807, 2.05) is 6.26 Å². The summed E-state index contributed by atoms with van der Waals surface area (Å²) < 4.78 is 58.3. The molecule has 0 aliphatic carbocycles. The van der Waals surface area contributed by atoms with Gasteiger partial charge in [-0.3, -0.25) is 9.32 Å². The molecule has 0 aromatic rings. The first-order chi connectivity index (χ1) is 19.2. The topological polar surface area (TPSA) is 233 Å². The summed E-state index contributed by atoms with van der Waals surface area (Å²) in [5, 5.41) is 2.72. The number of amides is 1. The lowest BCUT2D eigenvalue weighted by Crippen LogP contribution is -2.30. The Morgan fingerprint density at radius 1 is 1.15 bits per heavy atom. The molecular formula is C18H35BN2O13P3S4. The Morgan fingerprint density at radius 3 is 2.51 bits per heavy atom. The minimum absolute atomic E-state index is 0.101. The van der Waals surface area contributed by atoms with Crippen LogP contribution in [0.2, 0.25) is 0 Å². The van der Waals surface area contributed by atoms with Gasteiger partial charge in [-0.15, -0.1) is 0 Å². The summed E-state index contributed by atoms with van der Waals surface area (Å²) in [5.41, 5.74) is 5.14. The van der Waals surface area contributed by atoms with E-state index in [2.05, 4.69) is 25.7 Å². The molecule has 0 aromatic carbocycles. The molecule has 1 saturated heterocycles. The van der Waals surface area contributed by atoms with Crippen molar-refractivity contribution in [1.82, 2.24) is 5.32 Å². The Morgan fingerprint density at radius 2 is 1.85 bits per heavy atom. The zero-order chi connectivity index (χ0) is 30.9. The normalized spacial score (nSPS) is 22.7. The number of unbranched alkanes of at least 4 members (excludes halogenated alkanes) is 1. The van der Waals surface area contributed by atoms with Gasteiger partial charge < -0.3 is 40.1 Å². The number of phosphoric acid groups is 3. The Bertz CT molecular complexity index is 1000. The van der Waals surface area contributed by atoms with Crippen LogP contribution >= 0.6 is 66.6 Å². The summed E-state index contributed by atoms with van der Waals surface area (Å²) in [4.78, 5) is 48.3. The van der Waals surface area contributed by atoms with E-state index >= 15 is 0 Å². The van der Waals surface area contributed by atoms with Gasteiger partial charge in [-0.25, -0.2) is 13.7 Å². The second-order valence-corrected chi connectivity index (χ2v) is 17.9. The first-order valence-electron chi connectivity index (χ1n) is 12.0. The zero-order valence-corrected chi connectivity index (χ0v) is 28.2. The lowest BCUT2D eigenvalue weighted by molar-refractivity contribution is -0.120. The highest BCUT2D eigenvalue weighted by Crippen LogP contribution is 2.66. The highest BCUT2D eigenvalue weighted by Gasteiger charge is 2.43. The highest BCUT2D eigenvalue weighted by atomic mass is 33.1. The maximum Gasteiger partial charge on any atom is 0.490 e. The van der Waals surface area contributed by atoms with Crippen LogP contribution in [-0.2, 0) is 41.1 Å². The minimum atomic E-state index is -5.64. The second-order valence-electron chi connectivity index (χ2n) is 7.99. The minimum Gasteiger partial charge on any atom is -0.377 e. The molecule has 41 heavy (non-hydrogen) atoms. The van der Waals surface area contributed by atoms with Crippen LogP contribution in [-0.4, -0.2) is 93.9 Å². The Labute approximate surface area is 256 Å². The fourth-order valence-electron chi connectivity index (χ4n) is 3.07. The van der Waals surface area contributed by atoms with Crippen molar-refractivity contribution in [3.05, 3.63) is 0 Å². The van der Waals surface area contributed by atoms with Gasteiger partial charge in [0.05, 0.1) is 19.3 Å². The molecule has 1 heterocycles. The van der Waals surface area contributed by atoms with Gasteiger partial charge in [-0.1, -0.05) is 49.1 Å². The smallest absolute Gasteiger partial charge is 0.377 e. The standard InChI is InChI=1S/C18H35BN2O13P3S4/c1-14(41-38-2)31-15-12-17(19-7-5-9-21-18(22)6-3-4-10-39-40-11-8-20)32-16(15)13-30-36(26,27)34-37(28,29)33-35(23,24)25/h14-17H,3-4,6,8-13,20H2,1-2H3,(H,21,22)(H,26,27)(H,28,29)(H2,23,24,25)/t14?,15-,16?,17-/m1/s1. The van der Waals surface area contributed by atoms with Gasteiger partial charge in [0, 0.05) is 30.5 Å². The van der Waals surface area contributed by atoms with Crippen LogP contribution < -0.4 is 11.1 Å². The Kier molecular flexibility index (Phi) is 20.1. The van der Waals surface area contributed by atoms with Crippen LogP contribution in [0.15, 0.2) is 0 Å². The molecule has 1 aliphatic heterocycles. The fourth-order valence-corrected chi connectivity index (χ4v) is 9.51. The molecule has 1 aliphatic rings. The molecule has 0 saturated carbocycles. The van der Waals surface area contributed by atoms with Gasteiger partial charge in [0.2, 0.25) is 5.91 Å². The summed E-state index contributed by atoms with van der Waals surface area (Å²) in [6.45, 7) is 1.94. The van der Waals surface area contributed by atoms with Crippen molar-refractivity contribution in [1.29, 1.82) is 0 Å². The average molecular weight is 719 g/mol. The van der Waals surface area contributed by atoms with Gasteiger partial charge in [0.15, 0.2) is 0 Å². The average Bonchev–Trinajstić information content (AvgIpc) is 3.21. The number of hydrogen-bond acceptors (Lipinski definition) is 14. The molecular weight excluding hydrogens is 684 g/mol. The van der Waals surface area contributed by atoms with E-state index in [9.17, 15) is 28.3 Å². The van der Waals surface area contributed by atoms with Crippen molar-refractivity contribution in [3.63, 3.8) is 0 Å². The largest absolute Gasteiger partial charge is 0.490 e. The molecule has 1 amide bonds. The Balaban J connectivity index is 2.55. The third-order valence-electron chi connectivity index (χ3n) is 4.56. The second kappa shape index (κ2) is 20.7. The number of phosphoric ester groups is 1. The van der Waals surface area contributed by atoms with E-state index in [4.69, 9.17) is 29.5 Å². The van der Waals surface area contributed by atoms with Crippen molar-refractivity contribution in [3.8, 4) is 11.7 Å². The molecule has 1 rings (SSSR count). The molecule has 23 heteroatoms. The number of ether oxygens (including phenoxy) is 2. The molecule has 237 valence electrons. The van der Waals surface area contributed by atoms with E-state index in [0.29, 0.717) is 19.4 Å². The molecule has 15 nitrogen and oxygen atoms in total. The van der Waals surface area contributed by atoms with E-state index < -0.39 is 48.3 Å². The summed E-state index contributed by atoms with van der Waals surface area (Å²) in [7, 11) is -8.58. The fraction of sp³-hybridized carbons (Fsp3) is 0.833. The van der Waals surface area contributed by atoms with Crippen molar-refractivity contribution in [2.75, 3.05) is 37.5 Å². The molecule has 4 unspecified atom stereocenters. The van der Waals surface area contributed by atoms with Crippen molar-refractivity contribution in [2.45, 2.75) is 56.3 Å². The first kappa shape index (κ1) is 39.8. The van der Waals surface area contributed by atoms with Gasteiger partial charge in [0.25, 0.3) is 7.28 Å². The third-order valence-corrected chi connectivity index (χ3v) is 12.8. The SMILES string of the molecule is CSSC(C)O[C@@H]1C[C@H]([B]C#CCNC(=O)CCCCSSCCN)OC1COP(=O)(O)OP(=O)(O)OP(=O)(O)O. The van der Waals surface area contributed by atoms with Crippen molar-refractivity contribution < 1.29 is 60.7 Å². The molecule has 1 fully saturated rings. The van der Waals surface area contributed by atoms with Crippen LogP contribution in [0, 0.1) is 11.7 Å². The van der Waals surface area contributed by atoms with Crippen LogP contribution in [0.4, 0.5) is 0 Å². The summed E-state index contributed by atoms with van der Waals surface area (Å²) >= 11 is 0. The molecule has 0 aromatic heterocycles. The monoisotopic (exact) mass is 719 g/mol. The predicted octanol–water partition coefficient (Wildman–Crippen LogP) is 2.48. The lowest BCUT2D eigenvalue weighted by atomic mass is 9.71. The molecule has 0 bridgehead atoms. The van der Waals surface area contributed by atoms with Gasteiger partial charge in [-0.05, 0) is 32.4 Å². The number of carbonyl (C=O) groups excluding carboxylic acids is 1. The van der Waals surface area contributed by atoms with Gasteiger partial charge >= 0.3 is 23.5 Å². The zero-order valence-electron chi connectivity index (χ0n) is 22.3. The van der Waals surface area contributed by atoms with Gasteiger partial charge in [-0.2, -0.15) is 14.4 Å². The summed E-state index contributed by atoms with van der Waals surface area (Å²) in [5.74, 6) is 7.35. The lowest BCUT2D eigenvalue weighted by Gasteiger charge is -2.23. The number of nitrogens with one attached hydrogen (secondary N) is 1. The van der Waals surface area contributed by atoms with Gasteiger partial charge in [0.1, 0.15) is 11.5 Å². The first-order valence-corrected chi connectivity index (χ1v) is 21.6. The number of carbonyl (C=O) groups is 1. The van der Waals surface area contributed by atoms with Crippen LogP contribution in [0.5, 0.6) is 0 Å². The maximum absolute atomic E-state index is 12.1. The van der Waals surface area contributed by atoms with E-state index in [-0.39, 0.29) is 17.9 Å². The van der Waals surface area contributed by atoms with Crippen LogP contribution in [0.3, 0.4) is 0 Å².